The van der Waals surface area contributed by atoms with Gasteiger partial charge in [0.25, 0.3) is 11.5 Å². The lowest BCUT2D eigenvalue weighted by Gasteiger charge is -2.09. The summed E-state index contributed by atoms with van der Waals surface area (Å²) in [4.78, 5) is 30.6. The molecule has 0 saturated carbocycles. The molecule has 2 heterocycles. The van der Waals surface area contributed by atoms with E-state index in [2.05, 4.69) is 10.4 Å². The molecule has 0 saturated heterocycles. The van der Waals surface area contributed by atoms with Crippen LogP contribution in [0, 0.1) is 0 Å². The number of hydrogen-bond acceptors (Lipinski definition) is 5. The predicted octanol–water partition coefficient (Wildman–Crippen LogP) is 4.37. The molecule has 0 radical (unpaired) electrons. The maximum Gasteiger partial charge on any atom is 0.281 e. The number of carbonyl (C=O) groups excluding carboxylic acids is 1. The number of carbonyl (C=O) groups is 1. The number of nitrogens with zero attached hydrogens (tertiary/aromatic N) is 2. The van der Waals surface area contributed by atoms with Crippen LogP contribution in [-0.2, 0) is 5.75 Å². The normalized spacial score (nSPS) is 10.9. The maximum absolute atomic E-state index is 13.0. The molecule has 0 atom stereocenters. The zero-order valence-electron chi connectivity index (χ0n) is 15.1. The number of nitrogens with one attached hydrogen (secondary N) is 1. The van der Waals surface area contributed by atoms with Crippen LogP contribution in [0.15, 0.2) is 71.1 Å². The molecule has 0 aliphatic heterocycles. The lowest BCUT2D eigenvalue weighted by molar-refractivity contribution is 0.101. The third-order valence-electron chi connectivity index (χ3n) is 4.33. The largest absolute Gasteiger partial charge is 0.281 e. The van der Waals surface area contributed by atoms with Gasteiger partial charge in [-0.05, 0) is 29.5 Å². The minimum Gasteiger partial charge on any atom is -0.267 e. The number of benzene rings is 2. The Bertz CT molecular complexity index is 1180. The summed E-state index contributed by atoms with van der Waals surface area (Å²) in [7, 11) is 0. The van der Waals surface area contributed by atoms with Gasteiger partial charge >= 0.3 is 0 Å². The maximum atomic E-state index is 13.0. The van der Waals surface area contributed by atoms with Gasteiger partial charge in [0.15, 0.2) is 0 Å². The Balaban J connectivity index is 1.67. The number of hydrogen-bond donors (Lipinski definition) is 1. The first kappa shape index (κ1) is 18.5. The molecular weight excluding hydrogens is 390 g/mol. The van der Waals surface area contributed by atoms with E-state index in [1.165, 1.54) is 17.7 Å². The van der Waals surface area contributed by atoms with Gasteiger partial charge < -0.3 is 0 Å². The molecule has 0 aliphatic carbocycles. The van der Waals surface area contributed by atoms with Crippen molar-refractivity contribution in [2.75, 3.05) is 11.7 Å². The Hall–Kier alpha value is -2.90. The minimum atomic E-state index is -0.351. The molecule has 2 aromatic heterocycles. The Morgan fingerprint density at radius 1 is 1.14 bits per heavy atom. The Morgan fingerprint density at radius 3 is 2.61 bits per heavy atom. The zero-order chi connectivity index (χ0) is 19.5. The molecule has 0 fully saturated rings. The minimum absolute atomic E-state index is 0.294. The molecule has 2 aromatic carbocycles. The van der Waals surface area contributed by atoms with Crippen LogP contribution in [0.4, 0.5) is 0 Å². The smallest absolute Gasteiger partial charge is 0.267 e. The summed E-state index contributed by atoms with van der Waals surface area (Å²) in [5.74, 6) is 0.540. The number of amides is 1. The molecule has 0 unspecified atom stereocenters. The second-order valence-electron chi connectivity index (χ2n) is 6.19. The molecular formula is C21H17N3O2S2. The first-order valence-corrected chi connectivity index (χ1v) is 10.9. The highest BCUT2D eigenvalue weighted by Crippen LogP contribution is 2.30. The van der Waals surface area contributed by atoms with Gasteiger partial charge in [-0.1, -0.05) is 42.5 Å². The van der Waals surface area contributed by atoms with E-state index in [-0.39, 0.29) is 11.5 Å². The average molecular weight is 408 g/mol. The number of thioether (sulfide) groups is 1. The first-order chi connectivity index (χ1) is 13.7. The van der Waals surface area contributed by atoms with Crippen LogP contribution in [0.1, 0.15) is 15.9 Å². The predicted molar refractivity (Wildman–Crippen MR) is 117 cm³/mol. The van der Waals surface area contributed by atoms with Crippen molar-refractivity contribution in [3.63, 3.8) is 0 Å². The molecule has 1 amide bonds. The van der Waals surface area contributed by atoms with Crippen molar-refractivity contribution in [3.05, 3.63) is 87.8 Å². The van der Waals surface area contributed by atoms with Gasteiger partial charge in [-0.2, -0.15) is 11.8 Å². The summed E-state index contributed by atoms with van der Waals surface area (Å²) in [6, 6.07) is 17.0. The fraction of sp³-hybridized carbons (Fsp3) is 0.0952. The third kappa shape index (κ3) is 3.58. The molecule has 0 aliphatic rings. The summed E-state index contributed by atoms with van der Waals surface area (Å²) in [6.45, 7) is 0. The summed E-state index contributed by atoms with van der Waals surface area (Å²) in [6.07, 6.45) is 3.39. The van der Waals surface area contributed by atoms with Crippen molar-refractivity contribution in [1.82, 2.24) is 9.66 Å². The van der Waals surface area contributed by atoms with Gasteiger partial charge in [0, 0.05) is 22.3 Å². The van der Waals surface area contributed by atoms with Gasteiger partial charge in [-0.3, -0.25) is 15.0 Å². The quantitative estimate of drug-likeness (QED) is 0.533. The second kappa shape index (κ2) is 8.00. The average Bonchev–Trinajstić information content (AvgIpc) is 3.16. The summed E-state index contributed by atoms with van der Waals surface area (Å²) in [5, 5.41) is 2.43. The van der Waals surface area contributed by atoms with Crippen molar-refractivity contribution >= 4 is 39.2 Å². The molecule has 4 rings (SSSR count). The van der Waals surface area contributed by atoms with E-state index in [1.54, 1.807) is 23.9 Å². The Labute approximate surface area is 170 Å². The summed E-state index contributed by atoms with van der Waals surface area (Å²) < 4.78 is 1.15. The topological polar surface area (TPSA) is 64.0 Å². The van der Waals surface area contributed by atoms with Crippen LogP contribution in [0.5, 0.6) is 0 Å². The molecule has 140 valence electrons. The highest BCUT2D eigenvalue weighted by atomic mass is 32.2. The lowest BCUT2D eigenvalue weighted by atomic mass is 10.1. The molecule has 0 spiro atoms. The standard InChI is InChI=1S/C21H17N3O2S2/c1-27-11-14-7-9-16(10-8-14)19(25)23-24-13-22-20-18(21(24)26)17(12-28-20)15-5-3-2-4-6-15/h2-10,12-13H,11H2,1H3,(H,23,25). The van der Waals surface area contributed by atoms with Gasteiger partial charge in [-0.15, -0.1) is 11.3 Å². The van der Waals surface area contributed by atoms with E-state index >= 15 is 0 Å². The van der Waals surface area contributed by atoms with E-state index in [9.17, 15) is 9.59 Å². The molecule has 1 N–H and O–H groups in total. The van der Waals surface area contributed by atoms with Crippen molar-refractivity contribution in [2.45, 2.75) is 5.75 Å². The van der Waals surface area contributed by atoms with Crippen molar-refractivity contribution in [3.8, 4) is 11.1 Å². The van der Waals surface area contributed by atoms with Crippen LogP contribution in [0.2, 0.25) is 0 Å². The van der Waals surface area contributed by atoms with Crippen LogP contribution in [0.3, 0.4) is 0 Å². The van der Waals surface area contributed by atoms with Gasteiger partial charge in [0.2, 0.25) is 0 Å². The number of rotatable bonds is 5. The molecule has 5 nitrogen and oxygen atoms in total. The fourth-order valence-electron chi connectivity index (χ4n) is 2.94. The second-order valence-corrected chi connectivity index (χ2v) is 7.91. The Kier molecular flexibility index (Phi) is 5.27. The fourth-order valence-corrected chi connectivity index (χ4v) is 4.37. The van der Waals surface area contributed by atoms with Crippen molar-refractivity contribution in [1.29, 1.82) is 0 Å². The van der Waals surface area contributed by atoms with Crippen LogP contribution in [0.25, 0.3) is 21.3 Å². The highest BCUT2D eigenvalue weighted by molar-refractivity contribution is 7.97. The van der Waals surface area contributed by atoms with E-state index in [1.807, 2.05) is 54.1 Å². The molecule has 28 heavy (non-hydrogen) atoms. The first-order valence-electron chi connectivity index (χ1n) is 8.61. The number of fused-ring (bicyclic) bond motifs is 1. The van der Waals surface area contributed by atoms with Gasteiger partial charge in [0.05, 0.1) is 5.39 Å². The molecule has 7 heteroatoms. The monoisotopic (exact) mass is 407 g/mol. The highest BCUT2D eigenvalue weighted by Gasteiger charge is 2.15. The van der Waals surface area contributed by atoms with Crippen molar-refractivity contribution < 1.29 is 4.79 Å². The molecule has 0 bridgehead atoms. The van der Waals surface area contributed by atoms with E-state index in [4.69, 9.17) is 0 Å². The SMILES string of the molecule is CSCc1ccc(C(=O)Nn2cnc3scc(-c4ccccc4)c3c2=O)cc1. The summed E-state index contributed by atoms with van der Waals surface area (Å²) >= 11 is 3.14. The van der Waals surface area contributed by atoms with E-state index < -0.39 is 0 Å². The third-order valence-corrected chi connectivity index (χ3v) is 5.84. The molecule has 4 aromatic rings. The Morgan fingerprint density at radius 2 is 1.89 bits per heavy atom. The zero-order valence-corrected chi connectivity index (χ0v) is 16.7. The van der Waals surface area contributed by atoms with E-state index in [0.717, 1.165) is 27.1 Å². The van der Waals surface area contributed by atoms with Crippen LogP contribution < -0.4 is 11.0 Å². The van der Waals surface area contributed by atoms with Gasteiger partial charge in [0.1, 0.15) is 11.2 Å². The summed E-state index contributed by atoms with van der Waals surface area (Å²) in [5.41, 5.74) is 5.75. The number of thiophene rings is 1. The van der Waals surface area contributed by atoms with Gasteiger partial charge in [-0.25, -0.2) is 9.66 Å². The van der Waals surface area contributed by atoms with Crippen molar-refractivity contribution in [2.24, 2.45) is 0 Å². The lowest BCUT2D eigenvalue weighted by Crippen LogP contribution is -2.33. The van der Waals surface area contributed by atoms with E-state index in [0.29, 0.717) is 15.8 Å². The number of aromatic nitrogens is 2. The van der Waals surface area contributed by atoms with Crippen LogP contribution in [-0.4, -0.2) is 21.8 Å². The van der Waals surface area contributed by atoms with Crippen LogP contribution >= 0.6 is 23.1 Å².